The maximum absolute atomic E-state index is 13.0. The van der Waals surface area contributed by atoms with E-state index in [4.69, 9.17) is 9.47 Å². The van der Waals surface area contributed by atoms with E-state index in [1.54, 1.807) is 0 Å². The van der Waals surface area contributed by atoms with E-state index < -0.39 is 0 Å². The molecule has 0 amide bonds. The van der Waals surface area contributed by atoms with Crippen LogP contribution in [0.4, 0.5) is 0 Å². The fourth-order valence-corrected chi connectivity index (χ4v) is 6.44. The third-order valence-corrected chi connectivity index (χ3v) is 8.04. The smallest absolute Gasteiger partial charge is 0.338 e. The first-order chi connectivity index (χ1) is 15.5. The Kier molecular flexibility index (Phi) is 5.79. The summed E-state index contributed by atoms with van der Waals surface area (Å²) in [5.74, 6) is 1.07. The van der Waals surface area contributed by atoms with Gasteiger partial charge in [-0.2, -0.15) is 0 Å². The van der Waals surface area contributed by atoms with Gasteiger partial charge in [-0.05, 0) is 75.6 Å². The Balaban J connectivity index is 1.41. The first-order valence-corrected chi connectivity index (χ1v) is 12.1. The topological polar surface area (TPSA) is 52.6 Å². The summed E-state index contributed by atoms with van der Waals surface area (Å²) in [7, 11) is 0. The molecule has 4 nitrogen and oxygen atoms in total. The van der Waals surface area contributed by atoms with Crippen LogP contribution in [0.2, 0.25) is 0 Å². The third kappa shape index (κ3) is 3.96. The van der Waals surface area contributed by atoms with Gasteiger partial charge in [0.05, 0.1) is 11.1 Å². The van der Waals surface area contributed by atoms with Crippen LogP contribution in [0.15, 0.2) is 48.5 Å². The molecule has 0 aliphatic heterocycles. The van der Waals surface area contributed by atoms with Gasteiger partial charge in [-0.15, -0.1) is 0 Å². The lowest BCUT2D eigenvalue weighted by molar-refractivity contribution is -0.174. The minimum atomic E-state index is -0.365. The maximum Gasteiger partial charge on any atom is 0.338 e. The normalized spacial score (nSPS) is 30.9. The van der Waals surface area contributed by atoms with Gasteiger partial charge in [0.1, 0.15) is 12.2 Å². The average Bonchev–Trinajstić information content (AvgIpc) is 2.81. The number of rotatable bonds is 4. The van der Waals surface area contributed by atoms with E-state index in [2.05, 4.69) is 0 Å². The first kappa shape index (κ1) is 21.2. The van der Waals surface area contributed by atoms with Crippen LogP contribution >= 0.6 is 0 Å². The molecule has 0 N–H and O–H groups in total. The Morgan fingerprint density at radius 1 is 0.594 bits per heavy atom. The second kappa shape index (κ2) is 8.73. The Labute approximate surface area is 190 Å². The van der Waals surface area contributed by atoms with E-state index in [9.17, 15) is 9.59 Å². The molecule has 0 saturated heterocycles. The Bertz CT molecular complexity index is 896. The second-order valence-corrected chi connectivity index (χ2v) is 9.99. The minimum absolute atomic E-state index is 0.274. The van der Waals surface area contributed by atoms with Crippen LogP contribution in [0.5, 0.6) is 0 Å². The number of fused-ring (bicyclic) bond motifs is 2. The van der Waals surface area contributed by atoms with Gasteiger partial charge in [0, 0.05) is 11.8 Å². The standard InChI is InChI=1S/C28H32O4/c1-17-7-11-19(12-8-17)27(29)31-25-23-15-16-24(22-6-4-3-5-21(22)23)26(25)32-28(30)20-13-9-18(2)10-14-20/h7-14,21-26H,3-6,15-16H2,1-2H3/t21?,22?,23-,24?,25?,26?/m0/s1. The van der Waals surface area contributed by atoms with Gasteiger partial charge in [-0.25, -0.2) is 9.59 Å². The van der Waals surface area contributed by atoms with Crippen LogP contribution in [0, 0.1) is 37.5 Å². The number of aryl methyl sites for hydroxylation is 2. The highest BCUT2D eigenvalue weighted by molar-refractivity contribution is 5.90. The van der Waals surface area contributed by atoms with Gasteiger partial charge in [0.2, 0.25) is 0 Å². The molecule has 6 rings (SSSR count). The summed E-state index contributed by atoms with van der Waals surface area (Å²) in [6.07, 6.45) is 6.26. The molecule has 0 aromatic heterocycles. The molecule has 0 radical (unpaired) electrons. The van der Waals surface area contributed by atoms with Crippen molar-refractivity contribution >= 4 is 11.9 Å². The molecule has 168 valence electrons. The van der Waals surface area contributed by atoms with E-state index in [1.165, 1.54) is 25.7 Å². The van der Waals surface area contributed by atoms with E-state index >= 15 is 0 Å². The molecule has 2 aromatic rings. The van der Waals surface area contributed by atoms with Gasteiger partial charge >= 0.3 is 11.9 Å². The molecule has 4 aliphatic carbocycles. The van der Waals surface area contributed by atoms with Crippen molar-refractivity contribution in [3.63, 3.8) is 0 Å². The van der Waals surface area contributed by atoms with E-state index in [0.29, 0.717) is 23.0 Å². The summed E-state index contributed by atoms with van der Waals surface area (Å²) in [4.78, 5) is 26.1. The van der Waals surface area contributed by atoms with Crippen LogP contribution in [-0.2, 0) is 9.47 Å². The van der Waals surface area contributed by atoms with Gasteiger partial charge in [0.25, 0.3) is 0 Å². The fourth-order valence-electron chi connectivity index (χ4n) is 6.44. The predicted octanol–water partition coefficient (Wildman–Crippen LogP) is 5.90. The molecule has 4 fully saturated rings. The molecular formula is C28H32O4. The van der Waals surface area contributed by atoms with Crippen molar-refractivity contribution in [3.05, 3.63) is 70.8 Å². The lowest BCUT2D eigenvalue weighted by atomic mass is 9.52. The zero-order valence-corrected chi connectivity index (χ0v) is 19.0. The highest BCUT2D eigenvalue weighted by Crippen LogP contribution is 2.56. The second-order valence-electron chi connectivity index (χ2n) is 9.99. The van der Waals surface area contributed by atoms with Crippen molar-refractivity contribution in [2.75, 3.05) is 0 Å². The Hall–Kier alpha value is -2.62. The number of ether oxygens (including phenoxy) is 2. The first-order valence-electron chi connectivity index (χ1n) is 12.1. The molecule has 2 bridgehead atoms. The number of hydrogen-bond donors (Lipinski definition) is 0. The molecule has 4 heteroatoms. The summed E-state index contributed by atoms with van der Waals surface area (Å²) in [5.41, 5.74) is 3.32. The molecule has 4 aliphatic rings. The highest BCUT2D eigenvalue weighted by Gasteiger charge is 2.57. The van der Waals surface area contributed by atoms with Crippen molar-refractivity contribution in [3.8, 4) is 0 Å². The number of esters is 2. The zero-order chi connectivity index (χ0) is 22.2. The van der Waals surface area contributed by atoms with Gasteiger partial charge < -0.3 is 9.47 Å². The Morgan fingerprint density at radius 2 is 0.969 bits per heavy atom. The maximum atomic E-state index is 13.0. The molecular weight excluding hydrogens is 400 g/mol. The van der Waals surface area contributed by atoms with Crippen molar-refractivity contribution in [1.82, 2.24) is 0 Å². The van der Waals surface area contributed by atoms with Gasteiger partial charge in [-0.1, -0.05) is 48.2 Å². The van der Waals surface area contributed by atoms with E-state index in [1.807, 2.05) is 62.4 Å². The van der Waals surface area contributed by atoms with Crippen LogP contribution in [0.1, 0.15) is 70.4 Å². The molecule has 5 unspecified atom stereocenters. The molecule has 32 heavy (non-hydrogen) atoms. The largest absolute Gasteiger partial charge is 0.455 e. The van der Waals surface area contributed by atoms with Crippen molar-refractivity contribution in [1.29, 1.82) is 0 Å². The van der Waals surface area contributed by atoms with Crippen LogP contribution in [0.25, 0.3) is 0 Å². The number of benzene rings is 2. The van der Waals surface area contributed by atoms with Gasteiger partial charge in [-0.3, -0.25) is 0 Å². The molecule has 0 heterocycles. The van der Waals surface area contributed by atoms with Crippen LogP contribution in [0.3, 0.4) is 0 Å². The lowest BCUT2D eigenvalue weighted by Crippen LogP contribution is -2.60. The van der Waals surface area contributed by atoms with Crippen molar-refractivity contribution in [2.45, 2.75) is 64.6 Å². The third-order valence-electron chi connectivity index (χ3n) is 8.04. The molecule has 4 saturated carbocycles. The van der Waals surface area contributed by atoms with E-state index in [0.717, 1.165) is 24.0 Å². The number of carbonyl (C=O) groups excluding carboxylic acids is 2. The minimum Gasteiger partial charge on any atom is -0.455 e. The monoisotopic (exact) mass is 432 g/mol. The van der Waals surface area contributed by atoms with Crippen molar-refractivity contribution < 1.29 is 19.1 Å². The SMILES string of the molecule is Cc1ccc(C(=O)OC2C3CC[C@@H](C4CCCCC34)C2OC(=O)c2ccc(C)cc2)cc1. The summed E-state index contributed by atoms with van der Waals surface area (Å²) in [5, 5.41) is 0. The van der Waals surface area contributed by atoms with Gasteiger partial charge in [0.15, 0.2) is 0 Å². The summed E-state index contributed by atoms with van der Waals surface area (Å²) < 4.78 is 12.3. The lowest BCUT2D eigenvalue weighted by Gasteiger charge is -2.56. The molecule has 0 spiro atoms. The zero-order valence-electron chi connectivity index (χ0n) is 19.0. The van der Waals surface area contributed by atoms with Crippen LogP contribution in [-0.4, -0.2) is 24.1 Å². The Morgan fingerprint density at radius 3 is 1.34 bits per heavy atom. The average molecular weight is 433 g/mol. The summed E-state index contributed by atoms with van der Waals surface area (Å²) >= 11 is 0. The van der Waals surface area contributed by atoms with E-state index in [-0.39, 0.29) is 36.0 Å². The quantitative estimate of drug-likeness (QED) is 0.565. The number of hydrogen-bond acceptors (Lipinski definition) is 4. The highest BCUT2D eigenvalue weighted by atomic mass is 16.6. The number of carbonyl (C=O) groups is 2. The predicted molar refractivity (Wildman–Crippen MR) is 122 cm³/mol. The fraction of sp³-hybridized carbons (Fsp3) is 0.500. The summed E-state index contributed by atoms with van der Waals surface area (Å²) in [6, 6.07) is 15.0. The molecule has 6 atom stereocenters. The molecule has 2 aromatic carbocycles. The van der Waals surface area contributed by atoms with Crippen LogP contribution < -0.4 is 0 Å². The van der Waals surface area contributed by atoms with Crippen molar-refractivity contribution in [2.24, 2.45) is 23.7 Å². The summed E-state index contributed by atoms with van der Waals surface area (Å²) in [6.45, 7) is 4.00.